The van der Waals surface area contributed by atoms with E-state index in [0.29, 0.717) is 66.7 Å². The van der Waals surface area contributed by atoms with Crippen molar-refractivity contribution in [1.82, 2.24) is 10.2 Å². The van der Waals surface area contributed by atoms with E-state index < -0.39 is 12.1 Å². The van der Waals surface area contributed by atoms with Crippen LogP contribution in [0, 0.1) is 5.92 Å². The normalized spacial score (nSPS) is 16.1. The zero-order valence-corrected chi connectivity index (χ0v) is 29.7. The average molecular weight is 674 g/mol. The summed E-state index contributed by atoms with van der Waals surface area (Å²) in [6, 6.07) is 9.89. The quantitative estimate of drug-likeness (QED) is 0.279. The van der Waals surface area contributed by atoms with Crippen LogP contribution in [0.2, 0.25) is 0 Å². The minimum Gasteiger partial charge on any atom is -0.493 e. The fourth-order valence-corrected chi connectivity index (χ4v) is 6.95. The minimum absolute atomic E-state index is 0.0771. The number of nitrogens with zero attached hydrogens (tertiary/aromatic N) is 1. The van der Waals surface area contributed by atoms with Gasteiger partial charge in [0.25, 0.3) is 0 Å². The van der Waals surface area contributed by atoms with Crippen molar-refractivity contribution in [3.05, 3.63) is 68.9 Å². The first-order valence-electron chi connectivity index (χ1n) is 16.7. The molecule has 0 saturated carbocycles. The molecule has 0 unspecified atom stereocenters. The van der Waals surface area contributed by atoms with Gasteiger partial charge in [-0.1, -0.05) is 26.3 Å². The second kappa shape index (κ2) is 15.1. The van der Waals surface area contributed by atoms with Gasteiger partial charge < -0.3 is 39.2 Å². The van der Waals surface area contributed by atoms with Crippen molar-refractivity contribution >= 4 is 17.5 Å². The molecule has 2 amide bonds. The van der Waals surface area contributed by atoms with E-state index in [1.165, 1.54) is 6.92 Å². The Hall–Kier alpha value is -4.93. The molecule has 0 saturated heterocycles. The lowest BCUT2D eigenvalue weighted by Gasteiger charge is -2.34. The molecule has 49 heavy (non-hydrogen) atoms. The van der Waals surface area contributed by atoms with Gasteiger partial charge in [-0.3, -0.25) is 14.4 Å². The number of methoxy groups -OCH3 is 5. The molecular formula is C38H47N3O8. The third-order valence-corrected chi connectivity index (χ3v) is 9.74. The number of rotatable bonds is 11. The van der Waals surface area contributed by atoms with Gasteiger partial charge >= 0.3 is 0 Å². The standard InChI is InChI=1S/C38H47N3O8/c1-9-21(2)35(38(44)41-15-14-23-16-31(45-4)32(46-5)18-25(23)20-41)40-29-13-11-26-27(19-30(29)43)28(39-22(3)42)12-10-24-17-33(47-6)36(48-7)37(49-8)34(24)26/h11,13,16-19,21,28,35H,9-10,12,14-15,20H2,1-8H3,(H,39,42)(H,40,43)/t21-,28-,35+/m0/s1. The van der Waals surface area contributed by atoms with E-state index in [-0.39, 0.29) is 28.8 Å². The van der Waals surface area contributed by atoms with E-state index in [1.54, 1.807) is 47.7 Å². The number of benzene rings is 2. The summed E-state index contributed by atoms with van der Waals surface area (Å²) in [7, 11) is 7.89. The first-order valence-corrected chi connectivity index (χ1v) is 16.7. The van der Waals surface area contributed by atoms with Crippen molar-refractivity contribution in [1.29, 1.82) is 0 Å². The van der Waals surface area contributed by atoms with Gasteiger partial charge in [0.15, 0.2) is 23.0 Å². The number of aryl methyl sites for hydroxylation is 1. The largest absolute Gasteiger partial charge is 0.493 e. The van der Waals surface area contributed by atoms with Crippen LogP contribution in [0.15, 0.2) is 41.2 Å². The maximum absolute atomic E-state index is 14.2. The summed E-state index contributed by atoms with van der Waals surface area (Å²) in [6.07, 6.45) is 2.54. The Kier molecular flexibility index (Phi) is 10.9. The summed E-state index contributed by atoms with van der Waals surface area (Å²) in [5.74, 6) is 2.35. The summed E-state index contributed by atoms with van der Waals surface area (Å²) in [4.78, 5) is 42.5. The monoisotopic (exact) mass is 673 g/mol. The molecule has 0 spiro atoms. The number of ether oxygens (including phenoxy) is 5. The molecule has 0 aromatic heterocycles. The molecule has 3 atom stereocenters. The van der Waals surface area contributed by atoms with E-state index in [1.807, 2.05) is 43.0 Å². The lowest BCUT2D eigenvalue weighted by molar-refractivity contribution is -0.134. The Morgan fingerprint density at radius 3 is 2.12 bits per heavy atom. The van der Waals surface area contributed by atoms with E-state index in [0.717, 1.165) is 34.2 Å². The fourth-order valence-electron chi connectivity index (χ4n) is 6.95. The number of fused-ring (bicyclic) bond motifs is 4. The molecule has 1 aliphatic carbocycles. The van der Waals surface area contributed by atoms with Gasteiger partial charge in [0, 0.05) is 25.6 Å². The molecule has 1 heterocycles. The number of nitrogens with one attached hydrogen (secondary N) is 2. The van der Waals surface area contributed by atoms with Crippen LogP contribution in [0.3, 0.4) is 0 Å². The average Bonchev–Trinajstić information content (AvgIpc) is 3.35. The summed E-state index contributed by atoms with van der Waals surface area (Å²) in [5, 5.41) is 6.40. The summed E-state index contributed by atoms with van der Waals surface area (Å²) >= 11 is 0. The Morgan fingerprint density at radius 2 is 1.51 bits per heavy atom. The number of carbonyl (C=O) groups excluding carboxylic acids is 2. The van der Waals surface area contributed by atoms with Crippen LogP contribution >= 0.6 is 0 Å². The molecule has 262 valence electrons. The molecular weight excluding hydrogens is 626 g/mol. The van der Waals surface area contributed by atoms with Crippen LogP contribution in [0.4, 0.5) is 5.69 Å². The fraction of sp³-hybridized carbons (Fsp3) is 0.447. The maximum atomic E-state index is 14.2. The van der Waals surface area contributed by atoms with E-state index >= 15 is 0 Å². The SMILES string of the molecule is CC[C@H](C)[C@@H](Nc1ccc2c(cc1=O)[C@@H](NC(C)=O)CCc1cc(OC)c(OC)c(OC)c1-2)C(=O)N1CCc2cc(OC)c(OC)cc2C1. The molecule has 2 N–H and O–H groups in total. The van der Waals surface area contributed by atoms with Crippen LogP contribution in [0.5, 0.6) is 28.7 Å². The number of hydrogen-bond donors (Lipinski definition) is 2. The van der Waals surface area contributed by atoms with Crippen molar-refractivity contribution in [2.45, 2.75) is 65.1 Å². The van der Waals surface area contributed by atoms with Gasteiger partial charge in [0.05, 0.1) is 47.3 Å². The predicted molar refractivity (Wildman–Crippen MR) is 188 cm³/mol. The molecule has 5 rings (SSSR count). The second-order valence-electron chi connectivity index (χ2n) is 12.6. The zero-order chi connectivity index (χ0) is 35.4. The Bertz CT molecular complexity index is 1790. The van der Waals surface area contributed by atoms with Crippen LogP contribution in [0.1, 0.15) is 61.9 Å². The van der Waals surface area contributed by atoms with Crippen molar-refractivity contribution < 1.29 is 33.3 Å². The summed E-state index contributed by atoms with van der Waals surface area (Å²) in [6.45, 7) is 6.47. The van der Waals surface area contributed by atoms with Crippen molar-refractivity contribution in [3.63, 3.8) is 0 Å². The van der Waals surface area contributed by atoms with Crippen LogP contribution in [0.25, 0.3) is 11.1 Å². The van der Waals surface area contributed by atoms with Crippen molar-refractivity contribution in [2.24, 2.45) is 5.92 Å². The molecule has 11 heteroatoms. The van der Waals surface area contributed by atoms with Crippen LogP contribution < -0.4 is 39.7 Å². The molecule has 3 aromatic rings. The van der Waals surface area contributed by atoms with Crippen LogP contribution in [-0.2, 0) is 29.0 Å². The molecule has 0 bridgehead atoms. The first kappa shape index (κ1) is 35.4. The van der Waals surface area contributed by atoms with E-state index in [9.17, 15) is 14.4 Å². The lowest BCUT2D eigenvalue weighted by Crippen LogP contribution is -2.48. The first-order chi connectivity index (χ1) is 23.6. The van der Waals surface area contributed by atoms with Gasteiger partial charge in [0.2, 0.25) is 23.0 Å². The lowest BCUT2D eigenvalue weighted by atomic mass is 9.94. The smallest absolute Gasteiger partial charge is 0.245 e. The highest BCUT2D eigenvalue weighted by atomic mass is 16.5. The van der Waals surface area contributed by atoms with E-state index in [2.05, 4.69) is 10.6 Å². The molecule has 0 fully saturated rings. The van der Waals surface area contributed by atoms with Crippen molar-refractivity contribution in [3.8, 4) is 39.9 Å². The van der Waals surface area contributed by atoms with Gasteiger partial charge in [0.1, 0.15) is 6.04 Å². The van der Waals surface area contributed by atoms with Gasteiger partial charge in [-0.15, -0.1) is 0 Å². The van der Waals surface area contributed by atoms with E-state index in [4.69, 9.17) is 23.7 Å². The molecule has 3 aromatic carbocycles. The summed E-state index contributed by atoms with van der Waals surface area (Å²) in [5.41, 5.74) is 5.19. The Labute approximate surface area is 287 Å². The number of carbonyl (C=O) groups is 2. The van der Waals surface area contributed by atoms with Gasteiger partial charge in [-0.2, -0.15) is 0 Å². The number of anilines is 1. The van der Waals surface area contributed by atoms with Crippen molar-refractivity contribution in [2.75, 3.05) is 47.4 Å². The third kappa shape index (κ3) is 6.97. The molecule has 11 nitrogen and oxygen atoms in total. The predicted octanol–water partition coefficient (Wildman–Crippen LogP) is 5.29. The maximum Gasteiger partial charge on any atom is 0.245 e. The third-order valence-electron chi connectivity index (χ3n) is 9.74. The van der Waals surface area contributed by atoms with Gasteiger partial charge in [-0.05, 0) is 83.3 Å². The summed E-state index contributed by atoms with van der Waals surface area (Å²) < 4.78 is 28.3. The Morgan fingerprint density at radius 1 is 0.857 bits per heavy atom. The molecule has 0 radical (unpaired) electrons. The highest BCUT2D eigenvalue weighted by Gasteiger charge is 2.33. The molecule has 1 aliphatic heterocycles. The topological polar surface area (TPSA) is 125 Å². The molecule has 2 aliphatic rings. The van der Waals surface area contributed by atoms with Crippen LogP contribution in [-0.4, -0.2) is 64.8 Å². The number of hydrogen-bond acceptors (Lipinski definition) is 9. The van der Waals surface area contributed by atoms with Gasteiger partial charge in [-0.25, -0.2) is 0 Å². The highest BCUT2D eigenvalue weighted by molar-refractivity contribution is 5.86. The number of amides is 2. The minimum atomic E-state index is -0.654. The Balaban J connectivity index is 1.57. The highest BCUT2D eigenvalue weighted by Crippen LogP contribution is 2.50. The second-order valence-corrected chi connectivity index (χ2v) is 12.6. The zero-order valence-electron chi connectivity index (χ0n) is 29.7.